The van der Waals surface area contributed by atoms with Crippen LogP contribution in [-0.4, -0.2) is 30.9 Å². The van der Waals surface area contributed by atoms with Crippen LogP contribution in [0.3, 0.4) is 0 Å². The zero-order valence-electron chi connectivity index (χ0n) is 11.9. The average Bonchev–Trinajstić information content (AvgIpc) is 2.99. The topological polar surface area (TPSA) is 69.4 Å². The van der Waals surface area contributed by atoms with E-state index in [0.717, 1.165) is 30.0 Å². The Morgan fingerprint density at radius 2 is 2.15 bits per heavy atom. The van der Waals surface area contributed by atoms with Crippen molar-refractivity contribution < 1.29 is 14.0 Å². The quantitative estimate of drug-likeness (QED) is 0.834. The van der Waals surface area contributed by atoms with E-state index >= 15 is 0 Å². The van der Waals surface area contributed by atoms with Gasteiger partial charge in [-0.3, -0.25) is 0 Å². The summed E-state index contributed by atoms with van der Waals surface area (Å²) in [5.41, 5.74) is 1.08. The highest BCUT2D eigenvalue weighted by Gasteiger charge is 2.12. The van der Waals surface area contributed by atoms with Crippen LogP contribution in [0.25, 0.3) is 0 Å². The summed E-state index contributed by atoms with van der Waals surface area (Å²) >= 11 is 0. The predicted octanol–water partition coefficient (Wildman–Crippen LogP) is 1.98. The van der Waals surface area contributed by atoms with E-state index < -0.39 is 0 Å². The molecule has 6 nitrogen and oxygen atoms in total. The van der Waals surface area contributed by atoms with Gasteiger partial charge in [-0.25, -0.2) is 0 Å². The minimum atomic E-state index is 0.155. The summed E-state index contributed by atoms with van der Waals surface area (Å²) in [6.07, 6.45) is 2.06. The van der Waals surface area contributed by atoms with Crippen molar-refractivity contribution in [1.82, 2.24) is 15.5 Å². The molecule has 1 heterocycles. The number of hydrogen-bond donors (Lipinski definition) is 1. The molecule has 1 N–H and O–H groups in total. The number of rotatable bonds is 7. The normalized spacial score (nSPS) is 12.2. The van der Waals surface area contributed by atoms with Crippen molar-refractivity contribution in [1.29, 1.82) is 0 Å². The molecule has 0 aliphatic rings. The molecule has 1 atom stereocenters. The van der Waals surface area contributed by atoms with Crippen molar-refractivity contribution >= 4 is 0 Å². The lowest BCUT2D eigenvalue weighted by Crippen LogP contribution is -2.22. The lowest BCUT2D eigenvalue weighted by atomic mass is 10.1. The predicted molar refractivity (Wildman–Crippen MR) is 74.0 cm³/mol. The van der Waals surface area contributed by atoms with Crippen molar-refractivity contribution in [3.63, 3.8) is 0 Å². The summed E-state index contributed by atoms with van der Waals surface area (Å²) in [5.74, 6) is 2.29. The van der Waals surface area contributed by atoms with Crippen molar-refractivity contribution in [2.24, 2.45) is 0 Å². The number of nitrogens with one attached hydrogen (secondary N) is 1. The average molecular weight is 277 g/mol. The van der Waals surface area contributed by atoms with Crippen LogP contribution in [0.4, 0.5) is 0 Å². The molecule has 0 aliphatic carbocycles. The van der Waals surface area contributed by atoms with Crippen molar-refractivity contribution in [2.45, 2.75) is 19.4 Å². The highest BCUT2D eigenvalue weighted by Crippen LogP contribution is 2.29. The highest BCUT2D eigenvalue weighted by molar-refractivity contribution is 5.42. The molecule has 0 aliphatic heterocycles. The zero-order chi connectivity index (χ0) is 14.4. The lowest BCUT2D eigenvalue weighted by Gasteiger charge is -2.17. The van der Waals surface area contributed by atoms with E-state index in [-0.39, 0.29) is 6.04 Å². The van der Waals surface area contributed by atoms with E-state index in [0.29, 0.717) is 5.82 Å². The number of nitrogens with zero attached hydrogens (tertiary/aromatic N) is 2. The third-order valence-corrected chi connectivity index (χ3v) is 3.11. The number of aromatic nitrogens is 2. The van der Waals surface area contributed by atoms with Gasteiger partial charge in [0, 0.05) is 30.6 Å². The molecule has 20 heavy (non-hydrogen) atoms. The Bertz CT molecular complexity index is 528. The summed E-state index contributed by atoms with van der Waals surface area (Å²) in [4.78, 5) is 3.98. The van der Waals surface area contributed by atoms with Crippen LogP contribution < -0.4 is 14.8 Å². The number of methoxy groups -OCH3 is 2. The second kappa shape index (κ2) is 6.91. The van der Waals surface area contributed by atoms with Gasteiger partial charge >= 0.3 is 0 Å². The maximum atomic E-state index is 5.40. The summed E-state index contributed by atoms with van der Waals surface area (Å²) in [6, 6.07) is 5.97. The van der Waals surface area contributed by atoms with Gasteiger partial charge in [0.2, 0.25) is 6.39 Å². The van der Waals surface area contributed by atoms with Crippen molar-refractivity contribution in [3.8, 4) is 11.5 Å². The Kier molecular flexibility index (Phi) is 4.95. The zero-order valence-corrected chi connectivity index (χ0v) is 11.9. The van der Waals surface area contributed by atoms with E-state index in [2.05, 4.69) is 22.4 Å². The molecule has 0 bridgehead atoms. The van der Waals surface area contributed by atoms with E-state index in [1.165, 1.54) is 6.39 Å². The van der Waals surface area contributed by atoms with Gasteiger partial charge in [-0.05, 0) is 13.0 Å². The maximum absolute atomic E-state index is 5.40. The third kappa shape index (κ3) is 3.48. The molecule has 0 radical (unpaired) electrons. The van der Waals surface area contributed by atoms with Gasteiger partial charge in [-0.15, -0.1) is 0 Å². The summed E-state index contributed by atoms with van der Waals surface area (Å²) in [6.45, 7) is 2.84. The summed E-state index contributed by atoms with van der Waals surface area (Å²) in [5, 5.41) is 7.18. The molecular formula is C14H19N3O3. The second-order valence-corrected chi connectivity index (χ2v) is 4.38. The Hall–Kier alpha value is -2.08. The van der Waals surface area contributed by atoms with Crippen molar-refractivity contribution in [3.05, 3.63) is 36.0 Å². The van der Waals surface area contributed by atoms with E-state index in [1.54, 1.807) is 14.2 Å². The first kappa shape index (κ1) is 14.3. The van der Waals surface area contributed by atoms with Crippen LogP contribution in [-0.2, 0) is 6.42 Å². The largest absolute Gasteiger partial charge is 0.497 e. The van der Waals surface area contributed by atoms with Crippen molar-refractivity contribution in [2.75, 3.05) is 20.8 Å². The van der Waals surface area contributed by atoms with E-state index in [1.807, 2.05) is 18.2 Å². The van der Waals surface area contributed by atoms with Gasteiger partial charge in [-0.1, -0.05) is 11.2 Å². The molecule has 2 rings (SSSR count). The molecule has 1 unspecified atom stereocenters. The highest BCUT2D eigenvalue weighted by atomic mass is 16.5. The Morgan fingerprint density at radius 3 is 2.80 bits per heavy atom. The molecule has 1 aromatic carbocycles. The van der Waals surface area contributed by atoms with E-state index in [4.69, 9.17) is 14.0 Å². The van der Waals surface area contributed by atoms with Gasteiger partial charge < -0.3 is 19.3 Å². The Balaban J connectivity index is 1.95. The first-order valence-electron chi connectivity index (χ1n) is 6.45. The Labute approximate surface area is 118 Å². The molecule has 0 amide bonds. The fraction of sp³-hybridized carbons (Fsp3) is 0.429. The molecular weight excluding hydrogens is 258 g/mol. The molecule has 0 saturated carbocycles. The lowest BCUT2D eigenvalue weighted by molar-refractivity contribution is 0.385. The Morgan fingerprint density at radius 1 is 1.30 bits per heavy atom. The number of ether oxygens (including phenoxy) is 2. The fourth-order valence-electron chi connectivity index (χ4n) is 1.99. The second-order valence-electron chi connectivity index (χ2n) is 4.38. The van der Waals surface area contributed by atoms with Gasteiger partial charge in [-0.2, -0.15) is 4.98 Å². The minimum Gasteiger partial charge on any atom is -0.497 e. The first-order valence-corrected chi connectivity index (χ1v) is 6.45. The maximum Gasteiger partial charge on any atom is 0.213 e. The number of hydrogen-bond acceptors (Lipinski definition) is 6. The van der Waals surface area contributed by atoms with Gasteiger partial charge in [0.15, 0.2) is 5.82 Å². The van der Waals surface area contributed by atoms with Gasteiger partial charge in [0.05, 0.1) is 14.2 Å². The molecule has 108 valence electrons. The fourth-order valence-corrected chi connectivity index (χ4v) is 1.99. The standard InChI is InChI=1S/C14H19N3O3/c1-10(15-7-6-14-16-9-20-17-14)12-5-4-11(18-2)8-13(12)19-3/h4-5,8-10,15H,6-7H2,1-3H3. The first-order chi connectivity index (χ1) is 9.74. The molecule has 0 fully saturated rings. The van der Waals surface area contributed by atoms with Crippen LogP contribution in [0.1, 0.15) is 24.4 Å². The van der Waals surface area contributed by atoms with E-state index in [9.17, 15) is 0 Å². The van der Waals surface area contributed by atoms with Crippen LogP contribution >= 0.6 is 0 Å². The van der Waals surface area contributed by atoms with Crippen LogP contribution in [0, 0.1) is 0 Å². The van der Waals surface area contributed by atoms with Gasteiger partial charge in [0.1, 0.15) is 11.5 Å². The monoisotopic (exact) mass is 277 g/mol. The summed E-state index contributed by atoms with van der Waals surface area (Å²) < 4.78 is 15.3. The summed E-state index contributed by atoms with van der Waals surface area (Å²) in [7, 11) is 3.30. The third-order valence-electron chi connectivity index (χ3n) is 3.11. The van der Waals surface area contributed by atoms with Crippen LogP contribution in [0.2, 0.25) is 0 Å². The van der Waals surface area contributed by atoms with Crippen LogP contribution in [0.15, 0.2) is 29.1 Å². The smallest absolute Gasteiger partial charge is 0.213 e. The van der Waals surface area contributed by atoms with Gasteiger partial charge in [0.25, 0.3) is 0 Å². The molecule has 0 spiro atoms. The molecule has 2 aromatic rings. The minimum absolute atomic E-state index is 0.155. The molecule has 0 saturated heterocycles. The SMILES string of the molecule is COc1ccc(C(C)NCCc2ncon2)c(OC)c1. The molecule has 1 aromatic heterocycles. The number of benzene rings is 1. The molecule has 6 heteroatoms. The van der Waals surface area contributed by atoms with Crippen LogP contribution in [0.5, 0.6) is 11.5 Å².